The summed E-state index contributed by atoms with van der Waals surface area (Å²) < 4.78 is 0. The molecular weight excluding hydrogens is 290 g/mol. The monoisotopic (exact) mass is 309 g/mol. The number of aliphatic carboxylic acids is 1. The van der Waals surface area contributed by atoms with Crippen molar-refractivity contribution in [2.75, 3.05) is 25.0 Å². The van der Waals surface area contributed by atoms with Crippen molar-refractivity contribution in [1.82, 2.24) is 4.90 Å². The summed E-state index contributed by atoms with van der Waals surface area (Å²) in [4.78, 5) is 25.3. The van der Waals surface area contributed by atoms with E-state index in [-0.39, 0.29) is 18.9 Å². The fraction of sp³-hybridized carbons (Fsp3) is 0.500. The number of amides is 1. The number of thiophene rings is 1. The molecule has 0 spiro atoms. The molecule has 1 aromatic heterocycles. The van der Waals surface area contributed by atoms with Crippen LogP contribution in [-0.4, -0.2) is 41.5 Å². The van der Waals surface area contributed by atoms with Crippen LogP contribution in [-0.2, 0) is 9.59 Å². The van der Waals surface area contributed by atoms with E-state index in [9.17, 15) is 9.59 Å². The van der Waals surface area contributed by atoms with Gasteiger partial charge < -0.3 is 10.4 Å². The number of rotatable bonds is 7. The third-order valence-corrected chi connectivity index (χ3v) is 4.33. The van der Waals surface area contributed by atoms with Crippen molar-refractivity contribution in [2.24, 2.45) is 0 Å². The van der Waals surface area contributed by atoms with Gasteiger partial charge >= 0.3 is 5.97 Å². The van der Waals surface area contributed by atoms with E-state index in [1.54, 1.807) is 4.90 Å². The fourth-order valence-electron chi connectivity index (χ4n) is 1.82. The van der Waals surface area contributed by atoms with Crippen molar-refractivity contribution in [3.63, 3.8) is 0 Å². The highest BCUT2D eigenvalue weighted by molar-refractivity contribution is 7.16. The zero-order valence-corrected chi connectivity index (χ0v) is 13.2. The maximum Gasteiger partial charge on any atom is 0.304 e. The van der Waals surface area contributed by atoms with Gasteiger partial charge in [0.05, 0.1) is 18.5 Å². The van der Waals surface area contributed by atoms with Crippen molar-refractivity contribution in [1.29, 1.82) is 5.26 Å². The van der Waals surface area contributed by atoms with E-state index in [0.717, 1.165) is 10.4 Å². The van der Waals surface area contributed by atoms with Crippen LogP contribution >= 0.6 is 11.3 Å². The molecule has 0 saturated carbocycles. The van der Waals surface area contributed by atoms with Crippen molar-refractivity contribution in [2.45, 2.75) is 27.2 Å². The third kappa shape index (κ3) is 4.85. The van der Waals surface area contributed by atoms with Crippen molar-refractivity contribution in [3.05, 3.63) is 16.0 Å². The average Bonchev–Trinajstić information content (AvgIpc) is 2.68. The molecule has 1 rings (SSSR count). The first-order valence-electron chi connectivity index (χ1n) is 6.63. The number of carboxylic acids is 1. The van der Waals surface area contributed by atoms with E-state index in [1.165, 1.54) is 11.3 Å². The molecule has 0 aliphatic rings. The van der Waals surface area contributed by atoms with Crippen LogP contribution in [0.3, 0.4) is 0 Å². The topological polar surface area (TPSA) is 93.4 Å². The van der Waals surface area contributed by atoms with Crippen LogP contribution in [0.4, 0.5) is 5.00 Å². The molecule has 7 heteroatoms. The van der Waals surface area contributed by atoms with Gasteiger partial charge in [0.25, 0.3) is 0 Å². The molecule has 1 aromatic rings. The Morgan fingerprint density at radius 1 is 1.43 bits per heavy atom. The predicted molar refractivity (Wildman–Crippen MR) is 81.5 cm³/mol. The van der Waals surface area contributed by atoms with Gasteiger partial charge in [-0.05, 0) is 26.0 Å². The second kappa shape index (κ2) is 7.76. The van der Waals surface area contributed by atoms with E-state index in [2.05, 4.69) is 11.4 Å². The van der Waals surface area contributed by atoms with Gasteiger partial charge in [-0.2, -0.15) is 5.26 Å². The van der Waals surface area contributed by atoms with Gasteiger partial charge in [-0.15, -0.1) is 11.3 Å². The molecule has 0 bridgehead atoms. The minimum absolute atomic E-state index is 0.00177. The lowest BCUT2D eigenvalue weighted by Crippen LogP contribution is -2.34. The molecule has 0 radical (unpaired) electrons. The molecule has 21 heavy (non-hydrogen) atoms. The van der Waals surface area contributed by atoms with Crippen molar-refractivity contribution >= 4 is 28.2 Å². The highest BCUT2D eigenvalue weighted by Crippen LogP contribution is 2.31. The van der Waals surface area contributed by atoms with Crippen LogP contribution in [0, 0.1) is 25.2 Å². The fourth-order valence-corrected chi connectivity index (χ4v) is 2.85. The molecule has 1 amide bonds. The molecular formula is C14H19N3O3S. The number of anilines is 1. The summed E-state index contributed by atoms with van der Waals surface area (Å²) >= 11 is 1.38. The number of nitrogens with zero attached hydrogens (tertiary/aromatic N) is 2. The molecule has 0 fully saturated rings. The average molecular weight is 309 g/mol. The smallest absolute Gasteiger partial charge is 0.304 e. The lowest BCUT2D eigenvalue weighted by molar-refractivity contribution is -0.137. The van der Waals surface area contributed by atoms with Crippen molar-refractivity contribution < 1.29 is 14.7 Å². The van der Waals surface area contributed by atoms with Crippen LogP contribution in [0.5, 0.6) is 0 Å². The van der Waals surface area contributed by atoms with E-state index >= 15 is 0 Å². The Balaban J connectivity index is 2.67. The molecule has 0 unspecified atom stereocenters. The number of nitriles is 1. The van der Waals surface area contributed by atoms with E-state index in [0.29, 0.717) is 23.7 Å². The zero-order valence-electron chi connectivity index (χ0n) is 12.4. The summed E-state index contributed by atoms with van der Waals surface area (Å²) in [6.45, 7) is 6.66. The molecule has 0 atom stereocenters. The van der Waals surface area contributed by atoms with Crippen LogP contribution in [0.1, 0.15) is 29.3 Å². The molecule has 0 aromatic carbocycles. The number of carbonyl (C=O) groups excluding carboxylic acids is 1. The van der Waals surface area contributed by atoms with Gasteiger partial charge in [-0.25, -0.2) is 0 Å². The first kappa shape index (κ1) is 17.1. The van der Waals surface area contributed by atoms with Gasteiger partial charge in [0.2, 0.25) is 5.91 Å². The Hall–Kier alpha value is -1.91. The molecule has 6 nitrogen and oxygen atoms in total. The molecule has 1 heterocycles. The summed E-state index contributed by atoms with van der Waals surface area (Å²) in [5.74, 6) is -1.12. The van der Waals surface area contributed by atoms with Crippen molar-refractivity contribution in [3.8, 4) is 6.07 Å². The summed E-state index contributed by atoms with van der Waals surface area (Å²) in [6, 6.07) is 2.10. The maximum atomic E-state index is 12.0. The molecule has 114 valence electrons. The first-order chi connectivity index (χ1) is 9.88. The Labute approximate surface area is 128 Å². The number of carbonyl (C=O) groups is 2. The van der Waals surface area contributed by atoms with Gasteiger partial charge in [-0.3, -0.25) is 14.5 Å². The Kier molecular flexibility index (Phi) is 6.34. The lowest BCUT2D eigenvalue weighted by Gasteiger charge is -2.18. The highest BCUT2D eigenvalue weighted by Gasteiger charge is 2.16. The van der Waals surface area contributed by atoms with Gasteiger partial charge in [0, 0.05) is 11.4 Å². The zero-order chi connectivity index (χ0) is 16.0. The summed E-state index contributed by atoms with van der Waals surface area (Å²) in [6.07, 6.45) is 0.00177. The van der Waals surface area contributed by atoms with Crippen LogP contribution < -0.4 is 5.32 Å². The molecule has 0 aliphatic heterocycles. The number of likely N-dealkylation sites (N-methyl/N-ethyl adjacent to an activating group) is 1. The highest BCUT2D eigenvalue weighted by atomic mass is 32.1. The van der Waals surface area contributed by atoms with E-state index in [4.69, 9.17) is 10.4 Å². The number of nitrogens with one attached hydrogen (secondary N) is 1. The number of hydrogen-bond acceptors (Lipinski definition) is 5. The Bertz CT molecular complexity index is 575. The van der Waals surface area contributed by atoms with E-state index in [1.807, 2.05) is 20.8 Å². The predicted octanol–water partition coefficient (Wildman–Crippen LogP) is 1.97. The van der Waals surface area contributed by atoms with E-state index < -0.39 is 5.97 Å². The largest absolute Gasteiger partial charge is 0.481 e. The summed E-state index contributed by atoms with van der Waals surface area (Å²) in [5.41, 5.74) is 1.38. The minimum atomic E-state index is -0.884. The lowest BCUT2D eigenvalue weighted by atomic mass is 10.2. The summed E-state index contributed by atoms with van der Waals surface area (Å²) in [7, 11) is 0. The number of aryl methyl sites for hydroxylation is 1. The van der Waals surface area contributed by atoms with Gasteiger partial charge in [0.15, 0.2) is 0 Å². The van der Waals surface area contributed by atoms with Crippen LogP contribution in [0.25, 0.3) is 0 Å². The quantitative estimate of drug-likeness (QED) is 0.803. The summed E-state index contributed by atoms with van der Waals surface area (Å²) in [5, 5.41) is 21.1. The van der Waals surface area contributed by atoms with Crippen LogP contribution in [0.2, 0.25) is 0 Å². The standard InChI is InChI=1S/C14H19N3O3S/c1-4-17(6-5-13(19)20)8-12(18)16-14-11(7-15)9(2)10(3)21-14/h4-6,8H2,1-3H3,(H,16,18)(H,19,20). The number of hydrogen-bond donors (Lipinski definition) is 2. The molecule has 0 aliphatic carbocycles. The Morgan fingerprint density at radius 2 is 2.10 bits per heavy atom. The van der Waals surface area contributed by atoms with Gasteiger partial charge in [0.1, 0.15) is 11.1 Å². The van der Waals surface area contributed by atoms with Gasteiger partial charge in [-0.1, -0.05) is 6.92 Å². The SMILES string of the molecule is CCN(CCC(=O)O)CC(=O)Nc1sc(C)c(C)c1C#N. The second-order valence-electron chi connectivity index (χ2n) is 4.66. The molecule has 2 N–H and O–H groups in total. The second-order valence-corrected chi connectivity index (χ2v) is 5.88. The van der Waals surface area contributed by atoms with Crippen LogP contribution in [0.15, 0.2) is 0 Å². The minimum Gasteiger partial charge on any atom is -0.481 e. The maximum absolute atomic E-state index is 12.0. The Morgan fingerprint density at radius 3 is 2.62 bits per heavy atom. The third-order valence-electron chi connectivity index (χ3n) is 3.21. The molecule has 0 saturated heterocycles. The first-order valence-corrected chi connectivity index (χ1v) is 7.44. The normalized spacial score (nSPS) is 10.4. The number of carboxylic acid groups (broad SMARTS) is 1.